The Bertz CT molecular complexity index is 2080. The maximum absolute atomic E-state index is 15.0. The van der Waals surface area contributed by atoms with Crippen molar-refractivity contribution < 1.29 is 22.7 Å². The van der Waals surface area contributed by atoms with E-state index in [2.05, 4.69) is 57.3 Å². The molecular weight excluding hydrogens is 675 g/mol. The van der Waals surface area contributed by atoms with Crippen LogP contribution in [0.15, 0.2) is 66.7 Å². The molecule has 11 heteroatoms. The number of piperazine rings is 1. The predicted octanol–water partition coefficient (Wildman–Crippen LogP) is 6.50. The minimum Gasteiger partial charge on any atom is -0.497 e. The summed E-state index contributed by atoms with van der Waals surface area (Å²) in [6, 6.07) is 22.0. The number of nitrogens with zero attached hydrogens (tertiary/aromatic N) is 4. The molecule has 2 amide bonds. The van der Waals surface area contributed by atoms with Gasteiger partial charge in [0.25, 0.3) is 5.91 Å². The van der Waals surface area contributed by atoms with Crippen LogP contribution >= 0.6 is 0 Å². The quantitative estimate of drug-likeness (QED) is 0.200. The molecule has 10 nitrogen and oxygen atoms in total. The zero-order valence-corrected chi connectivity index (χ0v) is 31.8. The number of methoxy groups -OCH3 is 1. The number of aryl methyl sites for hydroxylation is 1. The van der Waals surface area contributed by atoms with Crippen LogP contribution < -0.4 is 9.46 Å². The van der Waals surface area contributed by atoms with Crippen LogP contribution in [0.5, 0.6) is 5.75 Å². The lowest BCUT2D eigenvalue weighted by Gasteiger charge is -2.42. The van der Waals surface area contributed by atoms with Gasteiger partial charge < -0.3 is 19.1 Å². The third kappa shape index (κ3) is 6.86. The molecule has 0 bridgehead atoms. The molecule has 2 heterocycles. The van der Waals surface area contributed by atoms with Crippen molar-refractivity contribution in [3.63, 3.8) is 0 Å². The fourth-order valence-corrected chi connectivity index (χ4v) is 8.93. The average molecular weight is 726 g/mol. The Hall–Kier alpha value is -4.19. The van der Waals surface area contributed by atoms with E-state index in [9.17, 15) is 18.0 Å². The number of ether oxygens (including phenoxy) is 1. The van der Waals surface area contributed by atoms with Crippen LogP contribution in [0.4, 0.5) is 0 Å². The SMILES string of the molecule is COc1ccc(-c2c(C3CCCCC3)c3ccc(C(=O)NS(=O)(=O)N(C)C)cc3n2CC2(C(=O)N3CCN(C)CC3c3ccccc3)CC2)c(C)c1. The van der Waals surface area contributed by atoms with Crippen molar-refractivity contribution in [2.75, 3.05) is 47.9 Å². The highest BCUT2D eigenvalue weighted by molar-refractivity contribution is 7.87. The fourth-order valence-electron chi connectivity index (χ4n) is 8.39. The minimum atomic E-state index is -4.00. The number of amides is 2. The standard InChI is InChI=1S/C41H51N5O5S/c1-28-24-32(51-5)17-19-33(28)38-37(30-14-10-7-11-15-30)34-18-16-31(39(47)42-52(49,50)43(2)3)25-35(34)46(38)27-41(20-21-41)40(48)45-23-22-44(4)26-36(45)29-12-8-6-9-13-29/h6,8-9,12-13,16-19,24-25,30,36H,7,10-11,14-15,20-23,26-27H2,1-5H3,(H,42,47). The van der Waals surface area contributed by atoms with Gasteiger partial charge in [-0.15, -0.1) is 0 Å². The van der Waals surface area contributed by atoms with E-state index >= 15 is 0 Å². The molecule has 3 aromatic carbocycles. The molecule has 0 spiro atoms. The van der Waals surface area contributed by atoms with Gasteiger partial charge in [-0.05, 0) is 92.6 Å². The summed E-state index contributed by atoms with van der Waals surface area (Å²) in [5, 5.41) is 1.05. The molecule has 1 aliphatic heterocycles. The molecule has 1 aromatic heterocycles. The molecule has 1 saturated heterocycles. The molecule has 3 fully saturated rings. The first-order chi connectivity index (χ1) is 24.9. The number of carbonyl (C=O) groups excluding carboxylic acids is 2. The van der Waals surface area contributed by atoms with Crippen molar-refractivity contribution in [1.82, 2.24) is 23.4 Å². The van der Waals surface area contributed by atoms with Crippen LogP contribution in [0.25, 0.3) is 22.2 Å². The average Bonchev–Trinajstić information content (AvgIpc) is 3.87. The highest BCUT2D eigenvalue weighted by Crippen LogP contribution is 2.53. The number of carbonyl (C=O) groups is 2. The summed E-state index contributed by atoms with van der Waals surface area (Å²) >= 11 is 0. The molecule has 1 unspecified atom stereocenters. The molecule has 0 radical (unpaired) electrons. The van der Waals surface area contributed by atoms with E-state index in [0.29, 0.717) is 19.0 Å². The zero-order chi connectivity index (χ0) is 36.8. The second-order valence-corrected chi connectivity index (χ2v) is 17.2. The summed E-state index contributed by atoms with van der Waals surface area (Å²) < 4.78 is 36.5. The van der Waals surface area contributed by atoms with Crippen LogP contribution in [-0.2, 0) is 21.5 Å². The van der Waals surface area contributed by atoms with Crippen LogP contribution in [0, 0.1) is 12.3 Å². The molecule has 7 rings (SSSR count). The van der Waals surface area contributed by atoms with Gasteiger partial charge in [-0.2, -0.15) is 12.7 Å². The number of likely N-dealkylation sites (N-methyl/N-ethyl adjacent to an activating group) is 1. The van der Waals surface area contributed by atoms with Gasteiger partial charge in [0, 0.05) is 62.3 Å². The third-order valence-corrected chi connectivity index (χ3v) is 13.0. The molecule has 3 aliphatic rings. The lowest BCUT2D eigenvalue weighted by atomic mass is 9.81. The Labute approximate surface area is 307 Å². The van der Waals surface area contributed by atoms with Gasteiger partial charge >= 0.3 is 10.2 Å². The molecule has 4 aromatic rings. The molecule has 1 N–H and O–H groups in total. The molecule has 2 aliphatic carbocycles. The Morgan fingerprint density at radius 3 is 2.35 bits per heavy atom. The van der Waals surface area contributed by atoms with E-state index in [0.717, 1.165) is 95.0 Å². The lowest BCUT2D eigenvalue weighted by molar-refractivity contribution is -0.142. The number of nitrogens with one attached hydrogen (secondary N) is 1. The molecule has 276 valence electrons. The first-order valence-electron chi connectivity index (χ1n) is 18.5. The number of fused-ring (bicyclic) bond motifs is 1. The second-order valence-electron chi connectivity index (χ2n) is 15.3. The van der Waals surface area contributed by atoms with Gasteiger partial charge in [-0.1, -0.05) is 55.7 Å². The van der Waals surface area contributed by atoms with E-state index in [1.165, 1.54) is 26.1 Å². The Kier molecular flexibility index (Phi) is 9.97. The first-order valence-corrected chi connectivity index (χ1v) is 20.0. The predicted molar refractivity (Wildman–Crippen MR) is 205 cm³/mol. The topological polar surface area (TPSA) is 104 Å². The zero-order valence-electron chi connectivity index (χ0n) is 31.0. The van der Waals surface area contributed by atoms with Gasteiger partial charge in [-0.3, -0.25) is 9.59 Å². The summed E-state index contributed by atoms with van der Waals surface area (Å²) in [7, 11) is 2.57. The van der Waals surface area contributed by atoms with Crippen molar-refractivity contribution in [3.8, 4) is 17.0 Å². The van der Waals surface area contributed by atoms with Crippen LogP contribution in [0.1, 0.15) is 84.0 Å². The van der Waals surface area contributed by atoms with Gasteiger partial charge in [0.1, 0.15) is 5.75 Å². The van der Waals surface area contributed by atoms with E-state index in [1.807, 2.05) is 36.4 Å². The molecule has 2 saturated carbocycles. The number of benzene rings is 3. The molecule has 1 atom stereocenters. The summed E-state index contributed by atoms with van der Waals surface area (Å²) in [5.74, 6) is 0.581. The van der Waals surface area contributed by atoms with Crippen molar-refractivity contribution in [3.05, 3.63) is 89.0 Å². The van der Waals surface area contributed by atoms with Gasteiger partial charge in [0.15, 0.2) is 0 Å². The van der Waals surface area contributed by atoms with Crippen LogP contribution in [-0.4, -0.2) is 86.8 Å². The maximum Gasteiger partial charge on any atom is 0.303 e. The number of hydrogen-bond donors (Lipinski definition) is 1. The Morgan fingerprint density at radius 1 is 0.962 bits per heavy atom. The van der Waals surface area contributed by atoms with Gasteiger partial charge in [0.05, 0.1) is 24.3 Å². The largest absolute Gasteiger partial charge is 0.497 e. The van der Waals surface area contributed by atoms with E-state index < -0.39 is 21.5 Å². The van der Waals surface area contributed by atoms with Crippen molar-refractivity contribution in [2.24, 2.45) is 5.41 Å². The normalized spacial score (nSPS) is 19.6. The Morgan fingerprint density at radius 2 is 1.69 bits per heavy atom. The highest BCUT2D eigenvalue weighted by atomic mass is 32.2. The van der Waals surface area contributed by atoms with Gasteiger partial charge in [-0.25, -0.2) is 4.72 Å². The summed E-state index contributed by atoms with van der Waals surface area (Å²) in [6.45, 7) is 4.81. The molecule has 52 heavy (non-hydrogen) atoms. The smallest absolute Gasteiger partial charge is 0.303 e. The van der Waals surface area contributed by atoms with Crippen molar-refractivity contribution in [2.45, 2.75) is 70.4 Å². The fraction of sp³-hybridized carbons (Fsp3) is 0.463. The maximum atomic E-state index is 15.0. The van der Waals surface area contributed by atoms with Gasteiger partial charge in [0.2, 0.25) is 5.91 Å². The van der Waals surface area contributed by atoms with E-state index in [1.54, 1.807) is 13.2 Å². The summed E-state index contributed by atoms with van der Waals surface area (Å²) in [4.78, 5) is 32.9. The first kappa shape index (κ1) is 36.2. The van der Waals surface area contributed by atoms with Crippen molar-refractivity contribution in [1.29, 1.82) is 0 Å². The molecular formula is C41H51N5O5S. The second kappa shape index (κ2) is 14.3. The van der Waals surface area contributed by atoms with E-state index in [4.69, 9.17) is 4.74 Å². The monoisotopic (exact) mass is 725 g/mol. The third-order valence-electron chi connectivity index (χ3n) is 11.6. The number of aromatic nitrogens is 1. The highest BCUT2D eigenvalue weighted by Gasteiger charge is 2.54. The lowest BCUT2D eigenvalue weighted by Crippen LogP contribution is -2.52. The Balaban J connectivity index is 1.39. The van der Waals surface area contributed by atoms with Crippen molar-refractivity contribution >= 4 is 32.9 Å². The minimum absolute atomic E-state index is 0.0404. The summed E-state index contributed by atoms with van der Waals surface area (Å²) in [6.07, 6.45) is 7.19. The van der Waals surface area contributed by atoms with Crippen LogP contribution in [0.2, 0.25) is 0 Å². The van der Waals surface area contributed by atoms with Crippen LogP contribution in [0.3, 0.4) is 0 Å². The van der Waals surface area contributed by atoms with E-state index in [-0.39, 0.29) is 17.5 Å². The summed E-state index contributed by atoms with van der Waals surface area (Å²) in [5.41, 5.74) is 6.11. The number of hydrogen-bond acceptors (Lipinski definition) is 6. The number of rotatable bonds is 10.